The summed E-state index contributed by atoms with van der Waals surface area (Å²) < 4.78 is 16.7. The lowest BCUT2D eigenvalue weighted by atomic mass is 9.99. The zero-order chi connectivity index (χ0) is 39.0. The molecule has 0 N–H and O–H groups in total. The summed E-state index contributed by atoms with van der Waals surface area (Å²) in [4.78, 5) is 37.7. The van der Waals surface area contributed by atoms with Crippen LogP contribution in [0.2, 0.25) is 0 Å². The van der Waals surface area contributed by atoms with E-state index in [9.17, 15) is 14.4 Å². The lowest BCUT2D eigenvalue weighted by Crippen LogP contribution is -2.30. The molecule has 6 heteroatoms. The molecule has 0 fully saturated rings. The number of unbranched alkanes of at least 4 members (excludes halogenated alkanes) is 25. The maximum Gasteiger partial charge on any atom is 0.306 e. The summed E-state index contributed by atoms with van der Waals surface area (Å²) in [6.45, 7) is 11.3. The lowest BCUT2D eigenvalue weighted by molar-refractivity contribution is -0.167. The largest absolute Gasteiger partial charge is 0.462 e. The van der Waals surface area contributed by atoms with Gasteiger partial charge in [0.05, 0.1) is 0 Å². The first kappa shape index (κ1) is 51.4. The molecule has 0 heterocycles. The molecule has 1 unspecified atom stereocenters. The third-order valence-electron chi connectivity index (χ3n) is 10.8. The standard InChI is InChI=1S/C47H90O6/c1-6-8-9-10-11-12-13-14-15-24-29-34-39-47(50)53-44(40-51-45(48)37-32-27-22-18-16-20-25-30-35-42(3)4)41-52-46(49)38-33-28-23-19-17-21-26-31-36-43(5)7-2/h42-44H,6-41H2,1-5H3/t43?,44-/m0/s1. The average molecular weight is 751 g/mol. The monoisotopic (exact) mass is 751 g/mol. The number of carbonyl (C=O) groups is 3. The van der Waals surface area contributed by atoms with Gasteiger partial charge in [-0.25, -0.2) is 0 Å². The molecule has 0 rings (SSSR count). The summed E-state index contributed by atoms with van der Waals surface area (Å²) in [5.41, 5.74) is 0. The van der Waals surface area contributed by atoms with Crippen molar-refractivity contribution in [2.45, 2.75) is 259 Å². The highest BCUT2D eigenvalue weighted by Crippen LogP contribution is 2.17. The number of esters is 3. The highest BCUT2D eigenvalue weighted by Gasteiger charge is 2.19. The number of carbonyl (C=O) groups excluding carboxylic acids is 3. The fraction of sp³-hybridized carbons (Fsp3) is 0.936. The van der Waals surface area contributed by atoms with Crippen molar-refractivity contribution in [2.24, 2.45) is 11.8 Å². The van der Waals surface area contributed by atoms with Gasteiger partial charge < -0.3 is 14.2 Å². The minimum atomic E-state index is -0.760. The van der Waals surface area contributed by atoms with Gasteiger partial charge >= 0.3 is 17.9 Å². The molecule has 2 atom stereocenters. The van der Waals surface area contributed by atoms with E-state index < -0.39 is 6.10 Å². The molecule has 0 aromatic carbocycles. The van der Waals surface area contributed by atoms with E-state index in [-0.39, 0.29) is 31.1 Å². The second-order valence-corrected chi connectivity index (χ2v) is 16.8. The molecule has 0 spiro atoms. The van der Waals surface area contributed by atoms with Crippen molar-refractivity contribution < 1.29 is 28.6 Å². The van der Waals surface area contributed by atoms with Crippen molar-refractivity contribution in [3.8, 4) is 0 Å². The molecule has 0 aromatic rings. The molecule has 0 aliphatic carbocycles. The van der Waals surface area contributed by atoms with E-state index in [0.717, 1.165) is 69.6 Å². The minimum Gasteiger partial charge on any atom is -0.462 e. The summed E-state index contributed by atoms with van der Waals surface area (Å²) in [7, 11) is 0. The Morgan fingerprint density at radius 1 is 0.396 bits per heavy atom. The zero-order valence-electron chi connectivity index (χ0n) is 36.1. The molecule has 0 amide bonds. The van der Waals surface area contributed by atoms with Gasteiger partial charge in [-0.15, -0.1) is 0 Å². The normalized spacial score (nSPS) is 12.6. The molecule has 0 aliphatic heterocycles. The Bertz CT molecular complexity index is 811. The number of hydrogen-bond acceptors (Lipinski definition) is 6. The molecule has 6 nitrogen and oxygen atoms in total. The van der Waals surface area contributed by atoms with Gasteiger partial charge in [-0.3, -0.25) is 14.4 Å². The second-order valence-electron chi connectivity index (χ2n) is 16.8. The van der Waals surface area contributed by atoms with Crippen molar-refractivity contribution in [1.29, 1.82) is 0 Å². The molecular formula is C47H90O6. The summed E-state index contributed by atoms with van der Waals surface area (Å²) >= 11 is 0. The molecule has 314 valence electrons. The Kier molecular flexibility index (Phi) is 38.9. The van der Waals surface area contributed by atoms with Crippen molar-refractivity contribution >= 4 is 17.9 Å². The average Bonchev–Trinajstić information content (AvgIpc) is 3.14. The van der Waals surface area contributed by atoms with Crippen LogP contribution in [0.4, 0.5) is 0 Å². The first-order chi connectivity index (χ1) is 25.8. The van der Waals surface area contributed by atoms with Gasteiger partial charge in [-0.2, -0.15) is 0 Å². The smallest absolute Gasteiger partial charge is 0.306 e. The number of hydrogen-bond donors (Lipinski definition) is 0. The Labute approximate surface area is 329 Å². The van der Waals surface area contributed by atoms with Crippen LogP contribution in [0.5, 0.6) is 0 Å². The predicted octanol–water partition coefficient (Wildman–Crippen LogP) is 14.6. The van der Waals surface area contributed by atoms with Crippen LogP contribution < -0.4 is 0 Å². The molecular weight excluding hydrogens is 661 g/mol. The Morgan fingerprint density at radius 3 is 1.08 bits per heavy atom. The van der Waals surface area contributed by atoms with Crippen molar-refractivity contribution in [3.63, 3.8) is 0 Å². The lowest BCUT2D eigenvalue weighted by Gasteiger charge is -2.18. The minimum absolute atomic E-state index is 0.0654. The van der Waals surface area contributed by atoms with Crippen molar-refractivity contribution in [1.82, 2.24) is 0 Å². The van der Waals surface area contributed by atoms with Crippen molar-refractivity contribution in [2.75, 3.05) is 13.2 Å². The first-order valence-electron chi connectivity index (χ1n) is 23.3. The Morgan fingerprint density at radius 2 is 0.717 bits per heavy atom. The molecule has 0 radical (unpaired) electrons. The van der Waals surface area contributed by atoms with Crippen LogP contribution >= 0.6 is 0 Å². The van der Waals surface area contributed by atoms with Gasteiger partial charge in [0.15, 0.2) is 6.10 Å². The van der Waals surface area contributed by atoms with Gasteiger partial charge in [-0.1, -0.05) is 214 Å². The van der Waals surface area contributed by atoms with Crippen LogP contribution in [0.15, 0.2) is 0 Å². The maximum atomic E-state index is 12.7. The van der Waals surface area contributed by atoms with Gasteiger partial charge in [0.1, 0.15) is 13.2 Å². The van der Waals surface area contributed by atoms with E-state index in [1.54, 1.807) is 0 Å². The van der Waals surface area contributed by atoms with Crippen LogP contribution in [-0.2, 0) is 28.6 Å². The zero-order valence-corrected chi connectivity index (χ0v) is 36.1. The molecule has 0 saturated heterocycles. The van der Waals surface area contributed by atoms with Gasteiger partial charge in [0.2, 0.25) is 0 Å². The van der Waals surface area contributed by atoms with Gasteiger partial charge in [0, 0.05) is 19.3 Å². The van der Waals surface area contributed by atoms with Crippen LogP contribution in [0, 0.1) is 11.8 Å². The molecule has 0 aliphatic rings. The molecule has 0 bridgehead atoms. The molecule has 0 saturated carbocycles. The van der Waals surface area contributed by atoms with E-state index in [2.05, 4.69) is 34.6 Å². The molecule has 0 aromatic heterocycles. The van der Waals surface area contributed by atoms with Crippen LogP contribution in [0.25, 0.3) is 0 Å². The van der Waals surface area contributed by atoms with Crippen molar-refractivity contribution in [3.05, 3.63) is 0 Å². The second kappa shape index (κ2) is 40.1. The third-order valence-corrected chi connectivity index (χ3v) is 10.8. The quantitative estimate of drug-likeness (QED) is 0.0352. The molecule has 53 heavy (non-hydrogen) atoms. The van der Waals surface area contributed by atoms with Crippen LogP contribution in [0.1, 0.15) is 253 Å². The van der Waals surface area contributed by atoms with Gasteiger partial charge in [-0.05, 0) is 31.1 Å². The Balaban J connectivity index is 4.35. The Hall–Kier alpha value is -1.59. The third kappa shape index (κ3) is 39.9. The fourth-order valence-corrected chi connectivity index (χ4v) is 6.90. The topological polar surface area (TPSA) is 78.9 Å². The highest BCUT2D eigenvalue weighted by molar-refractivity contribution is 5.71. The maximum absolute atomic E-state index is 12.7. The van der Waals surface area contributed by atoms with E-state index >= 15 is 0 Å². The van der Waals surface area contributed by atoms with Gasteiger partial charge in [0.25, 0.3) is 0 Å². The van der Waals surface area contributed by atoms with E-state index in [0.29, 0.717) is 19.3 Å². The van der Waals surface area contributed by atoms with E-state index in [1.807, 2.05) is 0 Å². The summed E-state index contributed by atoms with van der Waals surface area (Å²) in [5.74, 6) is 0.786. The predicted molar refractivity (Wildman–Crippen MR) is 224 cm³/mol. The van der Waals surface area contributed by atoms with E-state index in [1.165, 1.54) is 141 Å². The summed E-state index contributed by atoms with van der Waals surface area (Å²) in [5, 5.41) is 0. The summed E-state index contributed by atoms with van der Waals surface area (Å²) in [6, 6.07) is 0. The highest BCUT2D eigenvalue weighted by atomic mass is 16.6. The van der Waals surface area contributed by atoms with E-state index in [4.69, 9.17) is 14.2 Å². The SMILES string of the molecule is CCCCCCCCCCCCCCC(=O)O[C@@H](COC(=O)CCCCCCCCCCC(C)C)COC(=O)CCCCCCCCCCC(C)CC. The number of rotatable bonds is 41. The summed E-state index contributed by atoms with van der Waals surface area (Å²) in [6.07, 6.45) is 38.0. The van der Waals surface area contributed by atoms with Crippen LogP contribution in [0.3, 0.4) is 0 Å². The van der Waals surface area contributed by atoms with Crippen LogP contribution in [-0.4, -0.2) is 37.2 Å². The number of ether oxygens (including phenoxy) is 3. The fourth-order valence-electron chi connectivity index (χ4n) is 6.90. The first-order valence-corrected chi connectivity index (χ1v) is 23.3.